The third-order valence-corrected chi connectivity index (χ3v) is 6.24. The predicted molar refractivity (Wildman–Crippen MR) is 91.8 cm³/mol. The molecular weight excluding hydrogens is 356 g/mol. The van der Waals surface area contributed by atoms with Crippen molar-refractivity contribution >= 4 is 43.9 Å². The van der Waals surface area contributed by atoms with Crippen LogP contribution in [-0.4, -0.2) is 26.6 Å². The van der Waals surface area contributed by atoms with Crippen LogP contribution in [0.5, 0.6) is 5.75 Å². The van der Waals surface area contributed by atoms with E-state index >= 15 is 0 Å². The Morgan fingerprint density at radius 2 is 2.00 bits per heavy atom. The van der Waals surface area contributed by atoms with E-state index in [4.69, 9.17) is 16.3 Å². The first-order chi connectivity index (χ1) is 11.1. The molecule has 8 heteroatoms. The van der Waals surface area contributed by atoms with Crippen molar-refractivity contribution in [2.45, 2.75) is 4.21 Å². The molecule has 0 aliphatic heterocycles. The van der Waals surface area contributed by atoms with Gasteiger partial charge in [0.25, 0.3) is 0 Å². The van der Waals surface area contributed by atoms with Crippen LogP contribution in [0, 0.1) is 0 Å². The summed E-state index contributed by atoms with van der Waals surface area (Å²) in [6, 6.07) is 12.5. The van der Waals surface area contributed by atoms with Crippen LogP contribution in [0.1, 0.15) is 0 Å². The minimum absolute atomic E-state index is 0.154. The molecule has 23 heavy (non-hydrogen) atoms. The zero-order valence-corrected chi connectivity index (χ0v) is 14.3. The molecule has 1 N–H and O–H groups in total. The van der Waals surface area contributed by atoms with Crippen LogP contribution >= 0.6 is 22.9 Å². The number of nitrogens with one attached hydrogen (secondary N) is 1. The van der Waals surface area contributed by atoms with E-state index in [-0.39, 0.29) is 17.4 Å². The number of thiophene rings is 1. The summed E-state index contributed by atoms with van der Waals surface area (Å²) in [5.41, 5.74) is 0.753. The molecule has 0 saturated carbocycles. The summed E-state index contributed by atoms with van der Waals surface area (Å²) in [5, 5.41) is 0.971. The number of ether oxygens (including phenoxy) is 1. The van der Waals surface area contributed by atoms with Gasteiger partial charge in [0.2, 0.25) is 10.0 Å². The highest BCUT2D eigenvalue weighted by Gasteiger charge is 2.15. The lowest BCUT2D eigenvalue weighted by Gasteiger charge is -2.09. The smallest absolute Gasteiger partial charge is 0.250 e. The van der Waals surface area contributed by atoms with Gasteiger partial charge in [-0.2, -0.15) is 0 Å². The van der Waals surface area contributed by atoms with E-state index in [2.05, 4.69) is 9.71 Å². The first kappa shape index (κ1) is 16.2. The monoisotopic (exact) mass is 368 g/mol. The molecule has 0 spiro atoms. The Kier molecular flexibility index (Phi) is 4.82. The Balaban J connectivity index is 1.61. The van der Waals surface area contributed by atoms with Crippen LogP contribution in [-0.2, 0) is 10.0 Å². The highest BCUT2D eigenvalue weighted by Crippen LogP contribution is 2.25. The molecule has 0 saturated heterocycles. The summed E-state index contributed by atoms with van der Waals surface area (Å²) < 4.78 is 32.8. The van der Waals surface area contributed by atoms with Gasteiger partial charge < -0.3 is 4.74 Å². The van der Waals surface area contributed by atoms with Gasteiger partial charge in [-0.15, -0.1) is 11.3 Å². The fraction of sp³-hybridized carbons (Fsp3) is 0.133. The SMILES string of the molecule is O=S(=O)(NCCOc1cccc2cccnc12)c1ccc(Cl)s1. The lowest BCUT2D eigenvalue weighted by Crippen LogP contribution is -2.27. The van der Waals surface area contributed by atoms with Gasteiger partial charge in [-0.05, 0) is 24.3 Å². The van der Waals surface area contributed by atoms with E-state index in [0.717, 1.165) is 22.2 Å². The number of nitrogens with zero attached hydrogens (tertiary/aromatic N) is 1. The predicted octanol–water partition coefficient (Wildman–Crippen LogP) is 3.31. The van der Waals surface area contributed by atoms with Crippen molar-refractivity contribution in [1.29, 1.82) is 0 Å². The fourth-order valence-electron chi connectivity index (χ4n) is 2.04. The minimum atomic E-state index is -3.55. The lowest BCUT2D eigenvalue weighted by molar-refractivity contribution is 0.326. The maximum Gasteiger partial charge on any atom is 0.250 e. The van der Waals surface area contributed by atoms with Crippen molar-refractivity contribution in [3.05, 3.63) is 53.0 Å². The summed E-state index contributed by atoms with van der Waals surface area (Å²) in [7, 11) is -3.55. The first-order valence-corrected chi connectivity index (χ1v) is 9.45. The Hall–Kier alpha value is -1.67. The molecule has 0 radical (unpaired) electrons. The molecule has 2 aromatic heterocycles. The van der Waals surface area contributed by atoms with Crippen LogP contribution in [0.4, 0.5) is 0 Å². The standard InChI is InChI=1S/C15H13ClN2O3S2/c16-13-6-7-14(22-13)23(19,20)18-9-10-21-12-5-1-3-11-4-2-8-17-15(11)12/h1-8,18H,9-10H2. The number of benzene rings is 1. The average molecular weight is 369 g/mol. The fourth-order valence-corrected chi connectivity index (χ4v) is 4.58. The van der Waals surface area contributed by atoms with Crippen LogP contribution in [0.3, 0.4) is 0 Å². The van der Waals surface area contributed by atoms with Gasteiger partial charge in [-0.3, -0.25) is 4.98 Å². The molecule has 0 unspecified atom stereocenters. The van der Waals surface area contributed by atoms with Crippen molar-refractivity contribution in [2.75, 3.05) is 13.2 Å². The van der Waals surface area contributed by atoms with E-state index in [0.29, 0.717) is 10.1 Å². The van der Waals surface area contributed by atoms with Crippen LogP contribution in [0.15, 0.2) is 52.9 Å². The van der Waals surface area contributed by atoms with E-state index in [9.17, 15) is 8.42 Å². The molecule has 0 amide bonds. The van der Waals surface area contributed by atoms with Gasteiger partial charge in [-0.25, -0.2) is 13.1 Å². The summed E-state index contributed by atoms with van der Waals surface area (Å²) >= 11 is 6.77. The maximum atomic E-state index is 12.0. The topological polar surface area (TPSA) is 68.3 Å². The number of rotatable bonds is 6. The molecule has 0 atom stereocenters. The van der Waals surface area contributed by atoms with Crippen molar-refractivity contribution in [1.82, 2.24) is 9.71 Å². The number of pyridine rings is 1. The second-order valence-electron chi connectivity index (χ2n) is 4.64. The van der Waals surface area contributed by atoms with E-state index in [1.807, 2.05) is 30.3 Å². The van der Waals surface area contributed by atoms with E-state index in [1.54, 1.807) is 12.3 Å². The highest BCUT2D eigenvalue weighted by molar-refractivity contribution is 7.91. The van der Waals surface area contributed by atoms with Crippen molar-refractivity contribution in [3.8, 4) is 5.75 Å². The van der Waals surface area contributed by atoms with Gasteiger partial charge in [0.1, 0.15) is 22.1 Å². The van der Waals surface area contributed by atoms with Gasteiger partial charge >= 0.3 is 0 Å². The molecule has 0 bridgehead atoms. The van der Waals surface area contributed by atoms with Gasteiger partial charge in [0.05, 0.1) is 4.34 Å². The third-order valence-electron chi connectivity index (χ3n) is 3.06. The molecule has 5 nitrogen and oxygen atoms in total. The van der Waals surface area contributed by atoms with Crippen LogP contribution in [0.2, 0.25) is 4.34 Å². The summed E-state index contributed by atoms with van der Waals surface area (Å²) in [5.74, 6) is 0.626. The molecule has 3 aromatic rings. The van der Waals surface area contributed by atoms with Gasteiger partial charge in [0, 0.05) is 18.1 Å². The Morgan fingerprint density at radius 3 is 2.78 bits per heavy atom. The van der Waals surface area contributed by atoms with E-state index in [1.165, 1.54) is 6.07 Å². The highest BCUT2D eigenvalue weighted by atomic mass is 35.5. The quantitative estimate of drug-likeness (QED) is 0.678. The second-order valence-corrected chi connectivity index (χ2v) is 8.34. The molecule has 0 aliphatic rings. The van der Waals surface area contributed by atoms with Crippen molar-refractivity contribution in [2.24, 2.45) is 0 Å². The van der Waals surface area contributed by atoms with Gasteiger partial charge in [-0.1, -0.05) is 29.8 Å². The normalized spacial score (nSPS) is 11.7. The first-order valence-electron chi connectivity index (χ1n) is 6.78. The third kappa shape index (κ3) is 3.81. The molecular formula is C15H13ClN2O3S2. The van der Waals surface area contributed by atoms with Gasteiger partial charge in [0.15, 0.2) is 0 Å². The summed E-state index contributed by atoms with van der Waals surface area (Å²) in [6.45, 7) is 0.356. The largest absolute Gasteiger partial charge is 0.490 e. The number of fused-ring (bicyclic) bond motifs is 1. The van der Waals surface area contributed by atoms with Crippen LogP contribution in [0.25, 0.3) is 10.9 Å². The summed E-state index contributed by atoms with van der Waals surface area (Å²) in [6.07, 6.45) is 1.69. The maximum absolute atomic E-state index is 12.0. The number of halogens is 1. The van der Waals surface area contributed by atoms with Crippen LogP contribution < -0.4 is 9.46 Å². The number of hydrogen-bond donors (Lipinski definition) is 1. The molecule has 120 valence electrons. The number of aromatic nitrogens is 1. The summed E-state index contributed by atoms with van der Waals surface area (Å²) in [4.78, 5) is 4.28. The molecule has 3 rings (SSSR count). The molecule has 0 fully saturated rings. The molecule has 2 heterocycles. The number of sulfonamides is 1. The molecule has 1 aromatic carbocycles. The zero-order chi connectivity index (χ0) is 16.3. The lowest BCUT2D eigenvalue weighted by atomic mass is 10.2. The van der Waals surface area contributed by atoms with Crippen molar-refractivity contribution < 1.29 is 13.2 Å². The van der Waals surface area contributed by atoms with E-state index < -0.39 is 10.0 Å². The zero-order valence-electron chi connectivity index (χ0n) is 11.9. The Labute approximate surface area is 142 Å². The van der Waals surface area contributed by atoms with Crippen molar-refractivity contribution in [3.63, 3.8) is 0 Å². The molecule has 0 aliphatic carbocycles. The second kappa shape index (κ2) is 6.84. The Bertz CT molecular complexity index is 920. The number of para-hydroxylation sites is 1. The average Bonchev–Trinajstić information content (AvgIpc) is 2.99. The Morgan fingerprint density at radius 1 is 1.17 bits per heavy atom. The number of hydrogen-bond acceptors (Lipinski definition) is 5. The minimum Gasteiger partial charge on any atom is -0.490 e.